The summed E-state index contributed by atoms with van der Waals surface area (Å²) in [5.41, 5.74) is 3.72. The van der Waals surface area contributed by atoms with Crippen molar-refractivity contribution in [3.63, 3.8) is 0 Å². The first-order valence-corrected chi connectivity index (χ1v) is 9.95. The van der Waals surface area contributed by atoms with Crippen molar-refractivity contribution in [2.75, 3.05) is 17.2 Å². The fourth-order valence-corrected chi connectivity index (χ4v) is 3.28. The van der Waals surface area contributed by atoms with Gasteiger partial charge in [-0.1, -0.05) is 19.9 Å². The molecule has 0 amide bonds. The van der Waals surface area contributed by atoms with Gasteiger partial charge in [0.05, 0.1) is 24.0 Å². The van der Waals surface area contributed by atoms with E-state index in [0.717, 1.165) is 21.4 Å². The number of nitrogens with zero attached hydrogens (tertiary/aromatic N) is 3. The zero-order chi connectivity index (χ0) is 20.1. The number of pyridine rings is 1. The molecule has 0 saturated heterocycles. The van der Waals surface area contributed by atoms with Gasteiger partial charge in [0.2, 0.25) is 5.95 Å². The van der Waals surface area contributed by atoms with Crippen molar-refractivity contribution in [1.29, 1.82) is 0 Å². The van der Waals surface area contributed by atoms with Crippen LogP contribution in [0.15, 0.2) is 53.3 Å². The Morgan fingerprint density at radius 1 is 1.14 bits per heavy atom. The maximum atomic E-state index is 9.66. The number of aryl methyl sites for hydroxylation is 1. The molecule has 0 aliphatic rings. The molecule has 0 bridgehead atoms. The molecule has 28 heavy (non-hydrogen) atoms. The molecule has 0 radical (unpaired) electrons. The minimum absolute atomic E-state index is 0.00438. The fraction of sp³-hybridized carbons (Fsp3) is 0.286. The van der Waals surface area contributed by atoms with Gasteiger partial charge in [-0.3, -0.25) is 4.98 Å². The van der Waals surface area contributed by atoms with Crippen molar-refractivity contribution < 1.29 is 5.11 Å². The quantitative estimate of drug-likeness (QED) is 0.489. The summed E-state index contributed by atoms with van der Waals surface area (Å²) in [7, 11) is 0. The van der Waals surface area contributed by atoms with E-state index >= 15 is 0 Å². The summed E-state index contributed by atoms with van der Waals surface area (Å²) in [5.74, 6) is 1.35. The van der Waals surface area contributed by atoms with Gasteiger partial charge in [-0.25, -0.2) is 4.98 Å². The average molecular weight is 442 g/mol. The first-order chi connectivity index (χ1) is 13.5. The lowest BCUT2D eigenvalue weighted by Gasteiger charge is -2.21. The maximum Gasteiger partial charge on any atom is 0.225 e. The van der Waals surface area contributed by atoms with Crippen LogP contribution in [-0.2, 0) is 0 Å². The molecule has 2 aromatic heterocycles. The highest BCUT2D eigenvalue weighted by atomic mass is 79.9. The van der Waals surface area contributed by atoms with E-state index in [2.05, 4.69) is 41.5 Å². The van der Waals surface area contributed by atoms with E-state index in [1.165, 1.54) is 5.56 Å². The van der Waals surface area contributed by atoms with E-state index in [9.17, 15) is 5.11 Å². The van der Waals surface area contributed by atoms with Crippen LogP contribution in [0.5, 0.6) is 0 Å². The summed E-state index contributed by atoms with van der Waals surface area (Å²) in [6.45, 7) is 6.13. The number of aromatic nitrogens is 3. The molecular formula is C21H24BrN5O. The number of aliphatic hydroxyl groups is 1. The smallest absolute Gasteiger partial charge is 0.225 e. The van der Waals surface area contributed by atoms with Crippen LogP contribution in [0.25, 0.3) is 11.3 Å². The van der Waals surface area contributed by atoms with Crippen LogP contribution in [0.4, 0.5) is 17.5 Å². The summed E-state index contributed by atoms with van der Waals surface area (Å²) < 4.78 is 0.957. The number of rotatable bonds is 7. The van der Waals surface area contributed by atoms with E-state index in [4.69, 9.17) is 0 Å². The third-order valence-electron chi connectivity index (χ3n) is 4.39. The Balaban J connectivity index is 1.99. The molecule has 2 heterocycles. The van der Waals surface area contributed by atoms with E-state index < -0.39 is 0 Å². The topological polar surface area (TPSA) is 83.0 Å². The number of halogens is 1. The van der Waals surface area contributed by atoms with Crippen molar-refractivity contribution in [2.24, 2.45) is 5.92 Å². The molecule has 6 nitrogen and oxygen atoms in total. The highest BCUT2D eigenvalue weighted by molar-refractivity contribution is 9.10. The normalized spacial score (nSPS) is 12.1. The number of hydrogen-bond donors (Lipinski definition) is 3. The number of hydrogen-bond acceptors (Lipinski definition) is 6. The molecule has 3 aromatic rings. The van der Waals surface area contributed by atoms with Crippen LogP contribution in [0, 0.1) is 12.8 Å². The van der Waals surface area contributed by atoms with E-state index in [0.29, 0.717) is 11.8 Å². The van der Waals surface area contributed by atoms with Gasteiger partial charge in [0.15, 0.2) is 0 Å². The maximum absolute atomic E-state index is 9.66. The molecule has 146 valence electrons. The Kier molecular flexibility index (Phi) is 6.59. The van der Waals surface area contributed by atoms with Crippen LogP contribution in [0.1, 0.15) is 19.4 Å². The van der Waals surface area contributed by atoms with Gasteiger partial charge < -0.3 is 15.7 Å². The minimum Gasteiger partial charge on any atom is -0.394 e. The van der Waals surface area contributed by atoms with Gasteiger partial charge in [0.1, 0.15) is 5.82 Å². The molecular weight excluding hydrogens is 418 g/mol. The van der Waals surface area contributed by atoms with Crippen molar-refractivity contribution in [2.45, 2.75) is 26.8 Å². The molecule has 0 saturated carbocycles. The van der Waals surface area contributed by atoms with E-state index in [1.807, 2.05) is 57.2 Å². The second-order valence-electron chi connectivity index (χ2n) is 6.99. The summed E-state index contributed by atoms with van der Waals surface area (Å²) in [5, 5.41) is 16.3. The third-order valence-corrected chi connectivity index (χ3v) is 5.04. The van der Waals surface area contributed by atoms with Crippen molar-refractivity contribution in [3.8, 4) is 11.3 Å². The van der Waals surface area contributed by atoms with Gasteiger partial charge in [-0.15, -0.1) is 0 Å². The minimum atomic E-state index is -0.136. The van der Waals surface area contributed by atoms with E-state index in [1.54, 1.807) is 12.4 Å². The molecule has 3 rings (SSSR count). The van der Waals surface area contributed by atoms with E-state index in [-0.39, 0.29) is 18.6 Å². The fourth-order valence-electron chi connectivity index (χ4n) is 2.69. The second kappa shape index (κ2) is 9.12. The van der Waals surface area contributed by atoms with Gasteiger partial charge in [0.25, 0.3) is 0 Å². The summed E-state index contributed by atoms with van der Waals surface area (Å²) in [6.07, 6.45) is 3.50. The molecule has 3 N–H and O–H groups in total. The highest BCUT2D eigenvalue weighted by Gasteiger charge is 2.15. The molecule has 1 aromatic carbocycles. The van der Waals surface area contributed by atoms with Crippen LogP contribution in [-0.4, -0.2) is 32.7 Å². The van der Waals surface area contributed by atoms with Crippen LogP contribution in [0.3, 0.4) is 0 Å². The Labute approximate surface area is 173 Å². The Morgan fingerprint density at radius 2 is 1.96 bits per heavy atom. The lowest BCUT2D eigenvalue weighted by molar-refractivity contribution is 0.248. The third kappa shape index (κ3) is 5.05. The summed E-state index contributed by atoms with van der Waals surface area (Å²) in [4.78, 5) is 13.4. The Bertz CT molecular complexity index is 933. The molecule has 0 fully saturated rings. The molecule has 0 aliphatic heterocycles. The molecule has 0 spiro atoms. The van der Waals surface area contributed by atoms with Crippen molar-refractivity contribution in [1.82, 2.24) is 15.0 Å². The molecule has 0 unspecified atom stereocenters. The number of aliphatic hydroxyl groups excluding tert-OH is 1. The predicted octanol–water partition coefficient (Wildman–Crippen LogP) is 4.78. The molecule has 0 aliphatic carbocycles. The lowest BCUT2D eigenvalue weighted by Crippen LogP contribution is -2.30. The van der Waals surface area contributed by atoms with Crippen molar-refractivity contribution >= 4 is 33.4 Å². The molecule has 1 atom stereocenters. The summed E-state index contributed by atoms with van der Waals surface area (Å²) in [6, 6.07) is 11.7. The van der Waals surface area contributed by atoms with Gasteiger partial charge in [-0.2, -0.15) is 4.98 Å². The Morgan fingerprint density at radius 3 is 2.61 bits per heavy atom. The zero-order valence-electron chi connectivity index (χ0n) is 16.1. The average Bonchev–Trinajstić information content (AvgIpc) is 2.68. The largest absolute Gasteiger partial charge is 0.394 e. The zero-order valence-corrected chi connectivity index (χ0v) is 17.7. The molecule has 7 heteroatoms. The van der Waals surface area contributed by atoms with Crippen LogP contribution >= 0.6 is 15.9 Å². The van der Waals surface area contributed by atoms with Crippen LogP contribution < -0.4 is 10.6 Å². The van der Waals surface area contributed by atoms with Crippen LogP contribution in [0.2, 0.25) is 0 Å². The van der Waals surface area contributed by atoms with Crippen molar-refractivity contribution in [3.05, 3.63) is 58.8 Å². The summed E-state index contributed by atoms with van der Waals surface area (Å²) >= 11 is 3.59. The lowest BCUT2D eigenvalue weighted by atomic mass is 10.1. The standard InChI is InChI=1S/C21H24BrN5O/c1-13(2)19(12-28)26-21-25-18(15-5-4-8-23-11-15)10-20(27-21)24-17-7-6-14(3)9-16(17)22/h4-11,13,19,28H,12H2,1-3H3,(H2,24,25,26,27)/t19-/m1/s1. The second-order valence-corrected chi connectivity index (χ2v) is 7.84. The number of benzene rings is 1. The van der Waals surface area contributed by atoms with Gasteiger partial charge in [-0.05, 0) is 58.6 Å². The van der Waals surface area contributed by atoms with Gasteiger partial charge >= 0.3 is 0 Å². The monoisotopic (exact) mass is 441 g/mol. The number of nitrogens with one attached hydrogen (secondary N) is 2. The first-order valence-electron chi connectivity index (χ1n) is 9.16. The first kappa shape index (κ1) is 20.2. The Hall–Kier alpha value is -2.51. The SMILES string of the molecule is Cc1ccc(Nc2cc(-c3cccnc3)nc(N[C@H](CO)C(C)C)n2)c(Br)c1. The highest BCUT2D eigenvalue weighted by Crippen LogP contribution is 2.28. The number of anilines is 3. The predicted molar refractivity (Wildman–Crippen MR) is 117 cm³/mol. The van der Waals surface area contributed by atoms with Gasteiger partial charge in [0, 0.05) is 28.5 Å².